The van der Waals surface area contributed by atoms with Crippen molar-refractivity contribution < 1.29 is 48.8 Å². The molecular weight excluding hydrogens is 412 g/mol. The van der Waals surface area contributed by atoms with Crippen molar-refractivity contribution in [3.05, 3.63) is 18.7 Å². The van der Waals surface area contributed by atoms with E-state index in [0.717, 1.165) is 11.8 Å². The van der Waals surface area contributed by atoms with Crippen molar-refractivity contribution in [3.8, 4) is 0 Å². The van der Waals surface area contributed by atoms with Gasteiger partial charge in [-0.1, -0.05) is 0 Å². The standard InChI is InChI=1S/C15H25N3O8P2/c1-12(20,21)26-27-15(22,9-18-7-6-16-10-18)28(23)14-5-4-13(14,24-25-14)11(19)8-17(2)3/h6-7,10,20-23,27H,4-5,8-9H2,1-3H3/p+2. The first-order valence-electron chi connectivity index (χ1n) is 8.77. The van der Waals surface area contributed by atoms with Gasteiger partial charge in [-0.15, -0.1) is 0 Å². The summed E-state index contributed by atoms with van der Waals surface area (Å²) in [6, 6.07) is 0. The lowest BCUT2D eigenvalue weighted by Crippen LogP contribution is -3.07. The van der Waals surface area contributed by atoms with E-state index in [-0.39, 0.29) is 18.9 Å². The lowest BCUT2D eigenvalue weighted by atomic mass is 9.71. The number of imidazole rings is 1. The Hall–Kier alpha value is -0.580. The summed E-state index contributed by atoms with van der Waals surface area (Å²) in [5.74, 6) is -2.69. The monoisotopic (exact) mass is 439 g/mol. The molecule has 13 heteroatoms. The highest BCUT2D eigenvalue weighted by Gasteiger charge is 2.81. The largest absolute Gasteiger partial charge is 0.373 e. The number of nitrogens with one attached hydrogen (secondary N) is 2. The van der Waals surface area contributed by atoms with E-state index in [1.165, 1.54) is 0 Å². The van der Waals surface area contributed by atoms with Crippen molar-refractivity contribution in [2.45, 2.75) is 48.3 Å². The van der Waals surface area contributed by atoms with E-state index in [2.05, 4.69) is 4.98 Å². The normalized spacial score (nSPS) is 30.6. The molecule has 3 rings (SSSR count). The summed E-state index contributed by atoms with van der Waals surface area (Å²) in [6.07, 6.45) is 5.56. The average Bonchev–Trinajstić information content (AvgIpc) is 3.07. The lowest BCUT2D eigenvalue weighted by Gasteiger charge is -2.65. The second kappa shape index (κ2) is 7.59. The smallest absolute Gasteiger partial charge is 0.277 e. The summed E-state index contributed by atoms with van der Waals surface area (Å²) in [6.45, 7) is 1.08. The van der Waals surface area contributed by atoms with Crippen molar-refractivity contribution in [1.29, 1.82) is 0 Å². The summed E-state index contributed by atoms with van der Waals surface area (Å²) in [4.78, 5) is 38.2. The van der Waals surface area contributed by atoms with Crippen LogP contribution < -0.4 is 9.47 Å². The van der Waals surface area contributed by atoms with E-state index in [0.29, 0.717) is 12.8 Å². The molecule has 5 atom stereocenters. The van der Waals surface area contributed by atoms with Gasteiger partial charge < -0.3 is 29.6 Å². The maximum Gasteiger partial charge on any atom is 0.277 e. The number of Topliss-reactive ketones (excluding diaryl/α,β-unsaturated/α-hetero) is 1. The van der Waals surface area contributed by atoms with Crippen LogP contribution in [0.2, 0.25) is 0 Å². The van der Waals surface area contributed by atoms with Gasteiger partial charge >= 0.3 is 0 Å². The predicted octanol–water partition coefficient (Wildman–Crippen LogP) is -2.49. The van der Waals surface area contributed by atoms with Gasteiger partial charge in [-0.3, -0.25) is 9.78 Å². The highest BCUT2D eigenvalue weighted by atomic mass is 31.2. The molecule has 158 valence electrons. The third kappa shape index (κ3) is 3.77. The van der Waals surface area contributed by atoms with Crippen molar-refractivity contribution in [1.82, 2.24) is 4.98 Å². The molecule has 1 saturated heterocycles. The number of hydrogen-bond donors (Lipinski definition) is 6. The number of fused-ring (bicyclic) bond motifs is 1. The van der Waals surface area contributed by atoms with Crippen LogP contribution in [0.4, 0.5) is 0 Å². The van der Waals surface area contributed by atoms with Crippen molar-refractivity contribution in [2.24, 2.45) is 0 Å². The molecule has 2 heterocycles. The number of ketones is 1. The zero-order valence-electron chi connectivity index (χ0n) is 15.9. The summed E-state index contributed by atoms with van der Waals surface area (Å²) < 4.78 is 6.56. The van der Waals surface area contributed by atoms with Gasteiger partial charge in [0.2, 0.25) is 17.7 Å². The molecule has 0 bridgehead atoms. The topological polar surface area (TPSA) is 150 Å². The van der Waals surface area contributed by atoms with Crippen LogP contribution in [0.5, 0.6) is 0 Å². The van der Waals surface area contributed by atoms with Crippen LogP contribution in [0.15, 0.2) is 18.7 Å². The maximum absolute atomic E-state index is 12.8. The van der Waals surface area contributed by atoms with Gasteiger partial charge in [0, 0.05) is 6.92 Å². The molecule has 11 nitrogen and oxygen atoms in total. The fourth-order valence-electron chi connectivity index (χ4n) is 3.36. The number of carbonyl (C=O) groups excluding carboxylic acids is 1. The Labute approximate surface area is 164 Å². The van der Waals surface area contributed by atoms with Crippen molar-refractivity contribution >= 4 is 22.7 Å². The van der Waals surface area contributed by atoms with E-state index >= 15 is 0 Å². The molecule has 28 heavy (non-hydrogen) atoms. The Morgan fingerprint density at radius 3 is 2.54 bits per heavy atom. The predicted molar refractivity (Wildman–Crippen MR) is 96.9 cm³/mol. The number of carbonyl (C=O) groups is 1. The summed E-state index contributed by atoms with van der Waals surface area (Å²) >= 11 is 0. The third-order valence-corrected chi connectivity index (χ3v) is 8.91. The minimum atomic E-state index is -2.49. The number of rotatable bonds is 10. The molecule has 0 aromatic carbocycles. The lowest BCUT2D eigenvalue weighted by molar-refractivity contribution is -0.850. The molecule has 5 unspecified atom stereocenters. The molecule has 2 aliphatic rings. The number of hydrogen-bond acceptors (Lipinski definition) is 8. The first kappa shape index (κ1) is 22.1. The molecular formula is C15H27N3O8P2+2. The van der Waals surface area contributed by atoms with E-state index in [4.69, 9.17) is 14.3 Å². The van der Waals surface area contributed by atoms with E-state index in [9.17, 15) is 25.0 Å². The highest BCUT2D eigenvalue weighted by molar-refractivity contribution is 7.65. The molecule has 1 saturated carbocycles. The molecule has 1 aromatic heterocycles. The Bertz CT molecular complexity index is 703. The van der Waals surface area contributed by atoms with Crippen molar-refractivity contribution in [3.63, 3.8) is 0 Å². The maximum atomic E-state index is 12.8. The number of aliphatic hydroxyl groups is 3. The zero-order chi connectivity index (χ0) is 20.8. The number of quaternary nitrogens is 1. The first-order chi connectivity index (χ1) is 12.9. The minimum Gasteiger partial charge on any atom is -0.373 e. The van der Waals surface area contributed by atoms with Gasteiger partial charge in [0.1, 0.15) is 33.6 Å². The number of likely N-dealkylation sites (N-methyl/N-ethyl adjacent to an activating group) is 1. The van der Waals surface area contributed by atoms with E-state index in [1.807, 2.05) is 14.1 Å². The number of aromatic nitrogens is 2. The van der Waals surface area contributed by atoms with Crippen LogP contribution in [0.25, 0.3) is 0 Å². The minimum absolute atomic E-state index is 0.110. The Balaban J connectivity index is 1.86. The summed E-state index contributed by atoms with van der Waals surface area (Å²) in [5, 5.41) is 27.0. The van der Waals surface area contributed by atoms with Gasteiger partial charge in [-0.2, -0.15) is 0 Å². The molecule has 1 aliphatic heterocycles. The quantitative estimate of drug-likeness (QED) is 0.102. The Kier molecular flexibility index (Phi) is 6.00. The van der Waals surface area contributed by atoms with Crippen LogP contribution in [0.1, 0.15) is 19.8 Å². The SMILES string of the molecule is C[NH+](C)CC(=O)C12CCC1(P(O)C(O)(C[n+]1cc[nH]c1)POC(C)(O)O)OO2. The fraction of sp³-hybridized carbons (Fsp3) is 0.733. The number of H-pyrrole nitrogens is 1. The van der Waals surface area contributed by atoms with Crippen LogP contribution in [0.3, 0.4) is 0 Å². The van der Waals surface area contributed by atoms with Gasteiger partial charge in [-0.25, -0.2) is 14.3 Å². The third-order valence-electron chi connectivity index (χ3n) is 4.84. The molecule has 1 aliphatic carbocycles. The number of nitrogens with zero attached hydrogens (tertiary/aromatic N) is 1. The molecule has 6 N–H and O–H groups in total. The Morgan fingerprint density at radius 1 is 1.39 bits per heavy atom. The first-order valence-corrected chi connectivity index (χ1v) is 11.0. The second-order valence-corrected chi connectivity index (χ2v) is 11.4. The van der Waals surface area contributed by atoms with Gasteiger partial charge in [0.05, 0.1) is 22.9 Å². The summed E-state index contributed by atoms with van der Waals surface area (Å²) in [5.41, 5.74) is -1.30. The van der Waals surface area contributed by atoms with E-state index in [1.54, 1.807) is 23.3 Å². The Morgan fingerprint density at radius 2 is 2.11 bits per heavy atom. The second-order valence-electron chi connectivity index (χ2n) is 7.64. The molecule has 0 spiro atoms. The molecule has 0 amide bonds. The summed E-state index contributed by atoms with van der Waals surface area (Å²) in [7, 11) is 0.367. The van der Waals surface area contributed by atoms with Crippen molar-refractivity contribution in [2.75, 3.05) is 20.6 Å². The highest BCUT2D eigenvalue weighted by Crippen LogP contribution is 2.76. The molecule has 1 aromatic rings. The van der Waals surface area contributed by atoms with Gasteiger partial charge in [-0.05, 0) is 12.8 Å². The molecule has 0 radical (unpaired) electrons. The number of aromatic amines is 1. The van der Waals surface area contributed by atoms with Crippen LogP contribution in [0, 0.1) is 0 Å². The van der Waals surface area contributed by atoms with Crippen LogP contribution in [-0.2, 0) is 25.6 Å². The average molecular weight is 439 g/mol. The molecule has 2 fully saturated rings. The van der Waals surface area contributed by atoms with Crippen LogP contribution in [-0.4, -0.2) is 73.6 Å². The zero-order valence-corrected chi connectivity index (χ0v) is 17.8. The van der Waals surface area contributed by atoms with E-state index < -0.39 is 39.0 Å². The van der Waals surface area contributed by atoms with Crippen LogP contribution >= 0.6 is 17.0 Å². The van der Waals surface area contributed by atoms with Gasteiger partial charge in [0.25, 0.3) is 5.97 Å². The van der Waals surface area contributed by atoms with Gasteiger partial charge in [0.15, 0.2) is 10.4 Å². The fourth-order valence-corrected chi connectivity index (χ4v) is 6.93.